The maximum Gasteiger partial charge on any atom is 0.236 e. The van der Waals surface area contributed by atoms with Gasteiger partial charge in [0.15, 0.2) is 0 Å². The quantitative estimate of drug-likeness (QED) is 0.804. The number of anilines is 2. The molecule has 0 aliphatic carbocycles. The summed E-state index contributed by atoms with van der Waals surface area (Å²) in [5, 5.41) is 16.1. The van der Waals surface area contributed by atoms with Gasteiger partial charge in [-0.1, -0.05) is 18.3 Å². The molecule has 1 unspecified atom stereocenters. The van der Waals surface area contributed by atoms with Gasteiger partial charge in [-0.25, -0.2) is 9.97 Å². The van der Waals surface area contributed by atoms with Gasteiger partial charge in [0.2, 0.25) is 11.0 Å². The van der Waals surface area contributed by atoms with Crippen LogP contribution in [-0.4, -0.2) is 57.7 Å². The normalized spacial score (nSPS) is 17.1. The molecule has 0 spiro atoms. The smallest absolute Gasteiger partial charge is 0.236 e. The molecule has 0 aromatic carbocycles. The Morgan fingerprint density at radius 1 is 1.40 bits per heavy atom. The third-order valence-electron chi connectivity index (χ3n) is 4.11. The van der Waals surface area contributed by atoms with Crippen LogP contribution in [0.25, 0.3) is 0 Å². The van der Waals surface area contributed by atoms with Gasteiger partial charge < -0.3 is 15.5 Å². The molecular formula is C16H23N7OS. The van der Waals surface area contributed by atoms with Crippen molar-refractivity contribution in [2.24, 2.45) is 0 Å². The summed E-state index contributed by atoms with van der Waals surface area (Å²) in [7, 11) is 1.78. The average Bonchev–Trinajstić information content (AvgIpc) is 3.23. The molecular weight excluding hydrogens is 338 g/mol. The average molecular weight is 361 g/mol. The molecule has 2 N–H and O–H groups in total. The summed E-state index contributed by atoms with van der Waals surface area (Å²) < 4.78 is 0. The van der Waals surface area contributed by atoms with E-state index in [2.05, 4.69) is 37.7 Å². The zero-order valence-corrected chi connectivity index (χ0v) is 15.6. The van der Waals surface area contributed by atoms with Crippen molar-refractivity contribution in [2.45, 2.75) is 32.6 Å². The van der Waals surface area contributed by atoms with Crippen LogP contribution >= 0.6 is 11.3 Å². The second-order valence-electron chi connectivity index (χ2n) is 6.09. The third-order valence-corrected chi connectivity index (χ3v) is 5.09. The molecule has 1 aliphatic heterocycles. The van der Waals surface area contributed by atoms with E-state index in [1.165, 1.54) is 11.3 Å². The van der Waals surface area contributed by atoms with Gasteiger partial charge in [0, 0.05) is 30.8 Å². The monoisotopic (exact) mass is 361 g/mol. The molecule has 1 saturated heterocycles. The summed E-state index contributed by atoms with van der Waals surface area (Å²) in [5.74, 6) is 1.79. The first-order valence-corrected chi connectivity index (χ1v) is 9.28. The Balaban J connectivity index is 1.72. The summed E-state index contributed by atoms with van der Waals surface area (Å²) in [6.07, 6.45) is 1.75. The number of likely N-dealkylation sites (N-methyl/N-ethyl adjacent to an activating group) is 1. The topological polar surface area (TPSA) is 95.9 Å². The molecule has 2 aromatic heterocycles. The summed E-state index contributed by atoms with van der Waals surface area (Å²) in [5.41, 5.74) is 0.896. The summed E-state index contributed by atoms with van der Waals surface area (Å²) >= 11 is 1.53. The molecule has 8 nitrogen and oxygen atoms in total. The van der Waals surface area contributed by atoms with Crippen molar-refractivity contribution in [1.82, 2.24) is 30.4 Å². The number of hydrogen-bond donors (Lipinski definition) is 2. The van der Waals surface area contributed by atoms with E-state index in [4.69, 9.17) is 0 Å². The van der Waals surface area contributed by atoms with E-state index < -0.39 is 0 Å². The number of amides is 1. The van der Waals surface area contributed by atoms with Crippen LogP contribution in [0.15, 0.2) is 6.07 Å². The van der Waals surface area contributed by atoms with Crippen LogP contribution in [0.1, 0.15) is 35.8 Å². The van der Waals surface area contributed by atoms with Crippen LogP contribution in [0.3, 0.4) is 0 Å². The number of nitrogens with one attached hydrogen (secondary N) is 2. The van der Waals surface area contributed by atoms with Crippen molar-refractivity contribution in [3.8, 4) is 0 Å². The third kappa shape index (κ3) is 4.29. The molecule has 0 bridgehead atoms. The van der Waals surface area contributed by atoms with Gasteiger partial charge in [0.25, 0.3) is 0 Å². The van der Waals surface area contributed by atoms with Gasteiger partial charge in [0.1, 0.15) is 16.6 Å². The maximum absolute atomic E-state index is 12.0. The Morgan fingerprint density at radius 2 is 2.24 bits per heavy atom. The van der Waals surface area contributed by atoms with Gasteiger partial charge >= 0.3 is 0 Å². The Labute approximate surface area is 151 Å². The highest BCUT2D eigenvalue weighted by molar-refractivity contribution is 7.15. The number of nitrogens with zero attached hydrogens (tertiary/aromatic N) is 5. The standard InChI is InChI=1S/C16H23N7OS/c1-4-13-21-22-16(25-13)20-12-7-10(2)18-15(19-12)11-5-6-23(9-11)14(24)8-17-3/h7,11,17H,4-6,8-9H2,1-3H3,(H,18,19,20,22). The Hall–Kier alpha value is -2.13. The van der Waals surface area contributed by atoms with Crippen LogP contribution in [0.2, 0.25) is 0 Å². The summed E-state index contributed by atoms with van der Waals surface area (Å²) in [4.78, 5) is 23.1. The van der Waals surface area contributed by atoms with Crippen molar-refractivity contribution in [2.75, 3.05) is 32.0 Å². The Kier molecular flexibility index (Phi) is 5.54. The van der Waals surface area contributed by atoms with Crippen LogP contribution < -0.4 is 10.6 Å². The minimum absolute atomic E-state index is 0.122. The molecule has 3 heterocycles. The highest BCUT2D eigenvalue weighted by Crippen LogP contribution is 2.27. The lowest BCUT2D eigenvalue weighted by Gasteiger charge is -2.16. The van der Waals surface area contributed by atoms with Gasteiger partial charge in [-0.2, -0.15) is 0 Å². The van der Waals surface area contributed by atoms with Crippen molar-refractivity contribution in [1.29, 1.82) is 0 Å². The number of aromatic nitrogens is 4. The van der Waals surface area contributed by atoms with Gasteiger partial charge in [-0.05, 0) is 26.8 Å². The number of hydrogen-bond acceptors (Lipinski definition) is 8. The molecule has 2 aromatic rings. The minimum Gasteiger partial charge on any atom is -0.341 e. The van der Waals surface area contributed by atoms with Crippen LogP contribution in [0.5, 0.6) is 0 Å². The van der Waals surface area contributed by atoms with Crippen molar-refractivity contribution >= 4 is 28.2 Å². The lowest BCUT2D eigenvalue weighted by atomic mass is 10.1. The van der Waals surface area contributed by atoms with E-state index in [1.54, 1.807) is 7.05 Å². The maximum atomic E-state index is 12.0. The summed E-state index contributed by atoms with van der Waals surface area (Å²) in [6, 6.07) is 1.90. The fourth-order valence-electron chi connectivity index (χ4n) is 2.86. The molecule has 1 fully saturated rings. The number of rotatable bonds is 6. The summed E-state index contributed by atoms with van der Waals surface area (Å²) in [6.45, 7) is 5.79. The lowest BCUT2D eigenvalue weighted by Crippen LogP contribution is -2.35. The van der Waals surface area contributed by atoms with E-state index in [-0.39, 0.29) is 11.8 Å². The van der Waals surface area contributed by atoms with Gasteiger partial charge in [-0.15, -0.1) is 10.2 Å². The van der Waals surface area contributed by atoms with Crippen LogP contribution in [0, 0.1) is 6.92 Å². The molecule has 0 saturated carbocycles. The predicted octanol–water partition coefficient (Wildman–Crippen LogP) is 1.48. The Bertz CT molecular complexity index is 748. The Morgan fingerprint density at radius 3 is 2.96 bits per heavy atom. The van der Waals surface area contributed by atoms with E-state index in [0.29, 0.717) is 13.1 Å². The second-order valence-corrected chi connectivity index (χ2v) is 7.15. The van der Waals surface area contributed by atoms with Crippen molar-refractivity contribution in [3.05, 3.63) is 22.6 Å². The fourth-order valence-corrected chi connectivity index (χ4v) is 3.54. The zero-order valence-electron chi connectivity index (χ0n) is 14.7. The fraction of sp³-hybridized carbons (Fsp3) is 0.562. The highest BCUT2D eigenvalue weighted by Gasteiger charge is 2.29. The van der Waals surface area contributed by atoms with E-state index in [9.17, 15) is 4.79 Å². The molecule has 9 heteroatoms. The largest absolute Gasteiger partial charge is 0.341 e. The molecule has 3 rings (SSSR count). The second kappa shape index (κ2) is 7.83. The van der Waals surface area contributed by atoms with E-state index in [1.807, 2.05) is 17.9 Å². The molecule has 0 radical (unpaired) electrons. The number of carbonyl (C=O) groups excluding carboxylic acids is 1. The van der Waals surface area contributed by atoms with E-state index >= 15 is 0 Å². The van der Waals surface area contributed by atoms with Crippen LogP contribution in [-0.2, 0) is 11.2 Å². The first-order valence-electron chi connectivity index (χ1n) is 8.46. The number of carbonyl (C=O) groups is 1. The van der Waals surface area contributed by atoms with Crippen molar-refractivity contribution < 1.29 is 4.79 Å². The molecule has 1 amide bonds. The van der Waals surface area contributed by atoms with Crippen molar-refractivity contribution in [3.63, 3.8) is 0 Å². The molecule has 1 aliphatic rings. The predicted molar refractivity (Wildman–Crippen MR) is 97.2 cm³/mol. The van der Waals surface area contributed by atoms with Gasteiger partial charge in [0.05, 0.1) is 6.54 Å². The number of aryl methyl sites for hydroxylation is 2. The first-order chi connectivity index (χ1) is 12.1. The minimum atomic E-state index is 0.122. The van der Waals surface area contributed by atoms with Gasteiger partial charge in [-0.3, -0.25) is 4.79 Å². The first kappa shape index (κ1) is 17.7. The molecule has 1 atom stereocenters. The SMILES string of the molecule is CCc1nnc(Nc2cc(C)nc(C3CCN(C(=O)CNC)C3)n2)s1. The molecule has 25 heavy (non-hydrogen) atoms. The molecule has 134 valence electrons. The lowest BCUT2D eigenvalue weighted by molar-refractivity contribution is -0.129. The van der Waals surface area contributed by atoms with Crippen LogP contribution in [0.4, 0.5) is 10.9 Å². The van der Waals surface area contributed by atoms with E-state index in [0.717, 1.165) is 46.9 Å². The highest BCUT2D eigenvalue weighted by atomic mass is 32.1. The number of likely N-dealkylation sites (tertiary alicyclic amines) is 1. The zero-order chi connectivity index (χ0) is 17.8.